The summed E-state index contributed by atoms with van der Waals surface area (Å²) in [5.41, 5.74) is 2.71. The Balaban J connectivity index is 1.97. The number of carboxylic acid groups (broad SMARTS) is 1. The Kier molecular flexibility index (Phi) is 3.46. The van der Waals surface area contributed by atoms with Crippen molar-refractivity contribution in [2.75, 3.05) is 0 Å². The van der Waals surface area contributed by atoms with Gasteiger partial charge in [0.05, 0.1) is 22.3 Å². The molecule has 0 aliphatic heterocycles. The Bertz CT molecular complexity index is 1080. The molecule has 4 aromatic rings. The van der Waals surface area contributed by atoms with Crippen LogP contribution in [0, 0.1) is 5.82 Å². The van der Waals surface area contributed by atoms with Gasteiger partial charge >= 0.3 is 5.97 Å². The number of aromatic nitrogens is 4. The van der Waals surface area contributed by atoms with Gasteiger partial charge in [-0.05, 0) is 42.5 Å². The van der Waals surface area contributed by atoms with E-state index < -0.39 is 5.97 Å². The molecular weight excluding hydrogens is 323 g/mol. The van der Waals surface area contributed by atoms with Gasteiger partial charge in [-0.3, -0.25) is 10.1 Å². The molecule has 1 aromatic carbocycles. The third kappa shape index (κ3) is 2.61. The van der Waals surface area contributed by atoms with E-state index in [1.165, 1.54) is 18.2 Å². The predicted molar refractivity (Wildman–Crippen MR) is 89.5 cm³/mol. The molecule has 2 N–H and O–H groups in total. The van der Waals surface area contributed by atoms with Crippen LogP contribution in [0.3, 0.4) is 0 Å². The molecule has 0 atom stereocenters. The number of halogens is 1. The van der Waals surface area contributed by atoms with Crippen molar-refractivity contribution in [1.82, 2.24) is 20.2 Å². The maximum Gasteiger partial charge on any atom is 0.336 e. The molecule has 0 saturated heterocycles. The molecule has 0 spiro atoms. The fraction of sp³-hybridized carbons (Fsp3) is 0. The lowest BCUT2D eigenvalue weighted by atomic mass is 10.0. The fourth-order valence-electron chi connectivity index (χ4n) is 2.69. The van der Waals surface area contributed by atoms with Crippen LogP contribution in [0.15, 0.2) is 54.9 Å². The fourth-order valence-corrected chi connectivity index (χ4v) is 2.69. The Labute approximate surface area is 141 Å². The Morgan fingerprint density at radius 2 is 1.76 bits per heavy atom. The number of hydrogen-bond donors (Lipinski definition) is 2. The zero-order valence-electron chi connectivity index (χ0n) is 12.8. The van der Waals surface area contributed by atoms with Crippen molar-refractivity contribution < 1.29 is 14.3 Å². The van der Waals surface area contributed by atoms with Crippen molar-refractivity contribution in [2.24, 2.45) is 0 Å². The van der Waals surface area contributed by atoms with Crippen LogP contribution in [0.1, 0.15) is 10.4 Å². The topological polar surface area (TPSA) is 91.8 Å². The lowest BCUT2D eigenvalue weighted by Gasteiger charge is -2.05. The smallest absolute Gasteiger partial charge is 0.336 e. The summed E-state index contributed by atoms with van der Waals surface area (Å²) >= 11 is 0. The highest BCUT2D eigenvalue weighted by Gasteiger charge is 2.19. The van der Waals surface area contributed by atoms with Crippen molar-refractivity contribution >= 4 is 17.0 Å². The minimum atomic E-state index is -1.09. The van der Waals surface area contributed by atoms with E-state index in [0.29, 0.717) is 22.3 Å². The van der Waals surface area contributed by atoms with E-state index in [1.54, 1.807) is 36.7 Å². The van der Waals surface area contributed by atoms with Crippen molar-refractivity contribution in [3.63, 3.8) is 0 Å². The first-order valence-corrected chi connectivity index (χ1v) is 7.42. The number of aromatic amines is 1. The molecule has 0 bridgehead atoms. The summed E-state index contributed by atoms with van der Waals surface area (Å²) in [6.45, 7) is 0. The molecule has 0 aliphatic rings. The first-order valence-electron chi connectivity index (χ1n) is 7.42. The van der Waals surface area contributed by atoms with E-state index in [4.69, 9.17) is 0 Å². The largest absolute Gasteiger partial charge is 0.478 e. The molecule has 4 rings (SSSR count). The van der Waals surface area contributed by atoms with E-state index >= 15 is 0 Å². The van der Waals surface area contributed by atoms with Crippen LogP contribution in [-0.4, -0.2) is 31.2 Å². The number of pyridine rings is 2. The number of benzene rings is 1. The molecule has 0 amide bonds. The van der Waals surface area contributed by atoms with E-state index in [1.807, 2.05) is 0 Å². The number of nitrogens with one attached hydrogen (secondary N) is 1. The molecule has 7 heteroatoms. The minimum absolute atomic E-state index is 0.0740. The van der Waals surface area contributed by atoms with Gasteiger partial charge < -0.3 is 5.11 Å². The summed E-state index contributed by atoms with van der Waals surface area (Å²) in [7, 11) is 0. The quantitative estimate of drug-likeness (QED) is 0.598. The maximum absolute atomic E-state index is 13.2. The molecule has 122 valence electrons. The van der Waals surface area contributed by atoms with E-state index in [0.717, 1.165) is 5.56 Å². The van der Waals surface area contributed by atoms with Gasteiger partial charge in [-0.15, -0.1) is 0 Å². The molecular formula is C18H11FN4O2. The van der Waals surface area contributed by atoms with Crippen LogP contribution in [0.25, 0.3) is 33.5 Å². The second kappa shape index (κ2) is 5.79. The van der Waals surface area contributed by atoms with Crippen LogP contribution in [0.2, 0.25) is 0 Å². The standard InChI is InChI=1S/C18H11FN4O2/c19-12-3-1-11(2-4-12)16-15-13(18(24)25)9-14(21-17(15)23-22-16)10-5-7-20-8-6-10/h1-9H,(H,24,25)(H,21,22,23). The van der Waals surface area contributed by atoms with Crippen LogP contribution >= 0.6 is 0 Å². The highest BCUT2D eigenvalue weighted by Crippen LogP contribution is 2.31. The summed E-state index contributed by atoms with van der Waals surface area (Å²) < 4.78 is 13.2. The lowest BCUT2D eigenvalue weighted by Crippen LogP contribution is -2.00. The molecule has 0 unspecified atom stereocenters. The number of hydrogen-bond acceptors (Lipinski definition) is 4. The number of carbonyl (C=O) groups is 1. The van der Waals surface area contributed by atoms with Crippen LogP contribution in [0.5, 0.6) is 0 Å². The SMILES string of the molecule is O=C(O)c1cc(-c2ccncc2)nc2n[nH]c(-c3ccc(F)cc3)c12. The molecule has 0 saturated carbocycles. The van der Waals surface area contributed by atoms with Gasteiger partial charge in [-0.25, -0.2) is 14.2 Å². The Morgan fingerprint density at radius 3 is 2.44 bits per heavy atom. The average Bonchev–Trinajstić information content (AvgIpc) is 3.06. The highest BCUT2D eigenvalue weighted by molar-refractivity contribution is 6.08. The second-order valence-corrected chi connectivity index (χ2v) is 5.40. The molecule has 0 aliphatic carbocycles. The van der Waals surface area contributed by atoms with Crippen molar-refractivity contribution in [3.8, 4) is 22.5 Å². The maximum atomic E-state index is 13.2. The van der Waals surface area contributed by atoms with Crippen LogP contribution in [0.4, 0.5) is 4.39 Å². The van der Waals surface area contributed by atoms with E-state index in [9.17, 15) is 14.3 Å². The first-order chi connectivity index (χ1) is 12.1. The van der Waals surface area contributed by atoms with Gasteiger partial charge in [-0.2, -0.15) is 5.10 Å². The van der Waals surface area contributed by atoms with Gasteiger partial charge in [-0.1, -0.05) is 0 Å². The van der Waals surface area contributed by atoms with Crippen molar-refractivity contribution in [3.05, 3.63) is 66.2 Å². The monoisotopic (exact) mass is 334 g/mol. The molecule has 25 heavy (non-hydrogen) atoms. The number of H-pyrrole nitrogens is 1. The first kappa shape index (κ1) is 14.9. The molecule has 0 radical (unpaired) electrons. The van der Waals surface area contributed by atoms with Gasteiger partial charge in [0.1, 0.15) is 5.82 Å². The van der Waals surface area contributed by atoms with Gasteiger partial charge in [0, 0.05) is 23.5 Å². The molecule has 3 heterocycles. The molecule has 6 nitrogen and oxygen atoms in total. The Hall–Kier alpha value is -3.61. The summed E-state index contributed by atoms with van der Waals surface area (Å²) in [5, 5.41) is 17.0. The van der Waals surface area contributed by atoms with Gasteiger partial charge in [0.2, 0.25) is 0 Å². The van der Waals surface area contributed by atoms with Crippen molar-refractivity contribution in [2.45, 2.75) is 0 Å². The summed E-state index contributed by atoms with van der Waals surface area (Å²) in [5.74, 6) is -1.46. The summed E-state index contributed by atoms with van der Waals surface area (Å²) in [6, 6.07) is 10.7. The van der Waals surface area contributed by atoms with E-state index in [-0.39, 0.29) is 17.0 Å². The average molecular weight is 334 g/mol. The van der Waals surface area contributed by atoms with Crippen LogP contribution < -0.4 is 0 Å². The number of nitrogens with zero attached hydrogens (tertiary/aromatic N) is 3. The number of aromatic carboxylic acids is 1. The number of carboxylic acids is 1. The highest BCUT2D eigenvalue weighted by atomic mass is 19.1. The summed E-state index contributed by atoms with van der Waals surface area (Å²) in [6.07, 6.45) is 3.21. The zero-order chi connectivity index (χ0) is 17.4. The molecule has 3 aromatic heterocycles. The second-order valence-electron chi connectivity index (χ2n) is 5.40. The minimum Gasteiger partial charge on any atom is -0.478 e. The van der Waals surface area contributed by atoms with Crippen molar-refractivity contribution in [1.29, 1.82) is 0 Å². The zero-order valence-corrected chi connectivity index (χ0v) is 12.8. The third-order valence-electron chi connectivity index (χ3n) is 3.86. The number of rotatable bonds is 3. The normalized spacial score (nSPS) is 10.9. The number of fused-ring (bicyclic) bond motifs is 1. The van der Waals surface area contributed by atoms with Gasteiger partial charge in [0.25, 0.3) is 0 Å². The van der Waals surface area contributed by atoms with E-state index in [2.05, 4.69) is 20.2 Å². The summed E-state index contributed by atoms with van der Waals surface area (Å²) in [4.78, 5) is 20.2. The third-order valence-corrected chi connectivity index (χ3v) is 3.86. The van der Waals surface area contributed by atoms with Gasteiger partial charge in [0.15, 0.2) is 5.65 Å². The lowest BCUT2D eigenvalue weighted by molar-refractivity contribution is 0.0699. The molecule has 0 fully saturated rings. The Morgan fingerprint density at radius 1 is 1.04 bits per heavy atom. The van der Waals surface area contributed by atoms with Crippen LogP contribution in [-0.2, 0) is 0 Å². The predicted octanol–water partition coefficient (Wildman–Crippen LogP) is 3.52.